The maximum Gasteiger partial charge on any atom is 0.335 e. The third kappa shape index (κ3) is 9.22. The lowest BCUT2D eigenvalue weighted by Crippen LogP contribution is -2.39. The number of amides is 1. The molecule has 3 rings (SSSR count). The zero-order valence-electron chi connectivity index (χ0n) is 19.6. The molecule has 12 nitrogen and oxygen atoms in total. The summed E-state index contributed by atoms with van der Waals surface area (Å²) in [7, 11) is 0. The van der Waals surface area contributed by atoms with E-state index in [4.69, 9.17) is 24.8 Å². The Morgan fingerprint density at radius 3 is 2.26 bits per heavy atom. The number of thiazole rings is 1. The summed E-state index contributed by atoms with van der Waals surface area (Å²) < 4.78 is 6.84. The van der Waals surface area contributed by atoms with Gasteiger partial charge in [0, 0.05) is 11.3 Å². The number of aromatic nitrogens is 2. The molecule has 0 bridgehead atoms. The molecule has 14 heteroatoms. The molecule has 0 aromatic carbocycles. The number of carboxylic acids is 2. The molecular formula is C21H30N4O8S2. The van der Waals surface area contributed by atoms with E-state index in [-0.39, 0.29) is 17.2 Å². The standard InChI is InChI=1S/C17H24N4O2S2.C4H6O6/c1-17(2,3)12-8-19-13(23-12)10-24-14-9-20-16(25-14)21-15(22)11-4-6-18-7-5-11;5-1(3(7)8)2(6)4(9)10/h8-9,11,18H,4-7,10H2,1-3H3,(H,20,21,22);1-2,5-6H,(H,7,8)(H,9,10)/t;1-,2-/m.1/s1. The van der Waals surface area contributed by atoms with Crippen LogP contribution in [0.1, 0.15) is 45.3 Å². The van der Waals surface area contributed by atoms with Crippen molar-refractivity contribution < 1.29 is 39.2 Å². The molecule has 0 radical (unpaired) electrons. The first-order chi connectivity index (χ1) is 16.4. The number of rotatable bonds is 8. The predicted octanol–water partition coefficient (Wildman–Crippen LogP) is 1.54. The van der Waals surface area contributed by atoms with Crippen molar-refractivity contribution in [2.45, 2.75) is 61.2 Å². The largest absolute Gasteiger partial charge is 0.479 e. The van der Waals surface area contributed by atoms with Gasteiger partial charge in [-0.15, -0.1) is 11.8 Å². The van der Waals surface area contributed by atoms with E-state index in [1.165, 1.54) is 11.3 Å². The molecule has 6 N–H and O–H groups in total. The quantitative estimate of drug-likeness (QED) is 0.270. The van der Waals surface area contributed by atoms with Gasteiger partial charge in [-0.25, -0.2) is 19.6 Å². The van der Waals surface area contributed by atoms with Crippen LogP contribution in [0.2, 0.25) is 0 Å². The summed E-state index contributed by atoms with van der Waals surface area (Å²) in [6, 6.07) is 0. The number of aliphatic hydroxyl groups is 2. The molecule has 1 saturated heterocycles. The summed E-state index contributed by atoms with van der Waals surface area (Å²) in [5.41, 5.74) is -0.0352. The third-order valence-corrected chi connectivity index (χ3v) is 6.95. The number of carbonyl (C=O) groups is 3. The Labute approximate surface area is 210 Å². The Kier molecular flexibility index (Phi) is 10.6. The van der Waals surface area contributed by atoms with Crippen LogP contribution in [-0.4, -0.2) is 73.5 Å². The summed E-state index contributed by atoms with van der Waals surface area (Å²) >= 11 is 3.11. The zero-order chi connectivity index (χ0) is 26.2. The van der Waals surface area contributed by atoms with Crippen molar-refractivity contribution in [1.82, 2.24) is 15.3 Å². The van der Waals surface area contributed by atoms with Crippen LogP contribution in [0, 0.1) is 5.92 Å². The van der Waals surface area contributed by atoms with Crippen molar-refractivity contribution >= 4 is 46.1 Å². The minimum absolute atomic E-state index is 0.0352. The van der Waals surface area contributed by atoms with Crippen molar-refractivity contribution in [2.75, 3.05) is 18.4 Å². The average Bonchev–Trinajstić information content (AvgIpc) is 3.47. The normalized spacial score (nSPS) is 16.0. The Hall–Kier alpha value is -2.52. The summed E-state index contributed by atoms with van der Waals surface area (Å²) in [4.78, 5) is 40.4. The van der Waals surface area contributed by atoms with Crippen LogP contribution < -0.4 is 10.6 Å². The number of thioether (sulfide) groups is 1. The molecule has 1 aliphatic rings. The molecule has 3 heterocycles. The van der Waals surface area contributed by atoms with Crippen LogP contribution in [-0.2, 0) is 25.6 Å². The van der Waals surface area contributed by atoms with E-state index >= 15 is 0 Å². The maximum atomic E-state index is 12.2. The second kappa shape index (κ2) is 13.0. The molecule has 2 atom stereocenters. The number of oxazole rings is 1. The molecule has 0 unspecified atom stereocenters. The zero-order valence-corrected chi connectivity index (χ0v) is 21.2. The van der Waals surface area contributed by atoms with E-state index in [9.17, 15) is 14.4 Å². The van der Waals surface area contributed by atoms with Crippen molar-refractivity contribution in [3.05, 3.63) is 24.0 Å². The first-order valence-corrected chi connectivity index (χ1v) is 12.6. The van der Waals surface area contributed by atoms with Crippen LogP contribution in [0.15, 0.2) is 21.0 Å². The van der Waals surface area contributed by atoms with E-state index in [0.717, 1.165) is 35.9 Å². The lowest BCUT2D eigenvalue weighted by molar-refractivity contribution is -0.165. The van der Waals surface area contributed by atoms with Gasteiger partial charge in [-0.3, -0.25) is 4.79 Å². The summed E-state index contributed by atoms with van der Waals surface area (Å²) in [5.74, 6) is -1.12. The van der Waals surface area contributed by atoms with Crippen molar-refractivity contribution in [1.29, 1.82) is 0 Å². The van der Waals surface area contributed by atoms with Crippen molar-refractivity contribution in [2.24, 2.45) is 5.92 Å². The molecule has 1 aliphatic heterocycles. The molecule has 194 valence electrons. The molecule has 0 saturated carbocycles. The van der Waals surface area contributed by atoms with Crippen LogP contribution >= 0.6 is 23.1 Å². The Bertz CT molecular complexity index is 980. The van der Waals surface area contributed by atoms with E-state index in [1.54, 1.807) is 24.2 Å². The topological polar surface area (TPSA) is 195 Å². The highest BCUT2D eigenvalue weighted by molar-refractivity contribution is 8.00. The number of carbonyl (C=O) groups excluding carboxylic acids is 1. The van der Waals surface area contributed by atoms with E-state index in [0.29, 0.717) is 16.8 Å². The lowest BCUT2D eigenvalue weighted by atomic mass is 9.94. The van der Waals surface area contributed by atoms with Gasteiger partial charge in [-0.1, -0.05) is 32.1 Å². The summed E-state index contributed by atoms with van der Waals surface area (Å²) in [5, 5.41) is 39.4. The Morgan fingerprint density at radius 1 is 1.14 bits per heavy atom. The minimum atomic E-state index is -2.27. The highest BCUT2D eigenvalue weighted by Gasteiger charge is 2.29. The molecular weight excluding hydrogens is 500 g/mol. The predicted molar refractivity (Wildman–Crippen MR) is 128 cm³/mol. The molecule has 35 heavy (non-hydrogen) atoms. The van der Waals surface area contributed by atoms with Crippen molar-refractivity contribution in [3.8, 4) is 0 Å². The Balaban J connectivity index is 0.000000367. The van der Waals surface area contributed by atoms with Gasteiger partial charge in [-0.05, 0) is 25.9 Å². The molecule has 1 amide bonds. The minimum Gasteiger partial charge on any atom is -0.479 e. The molecule has 2 aromatic heterocycles. The fourth-order valence-corrected chi connectivity index (χ4v) is 4.53. The number of carboxylic acid groups (broad SMARTS) is 2. The SMILES string of the molecule is CC(C)(C)c1cnc(CSc2cnc(NC(=O)C3CCNCC3)s2)o1.O=C(O)[C@H](O)[C@@H](O)C(=O)O. The monoisotopic (exact) mass is 530 g/mol. The first kappa shape index (κ1) is 28.7. The number of aliphatic carboxylic acids is 2. The van der Waals surface area contributed by atoms with Crippen LogP contribution in [0.5, 0.6) is 0 Å². The van der Waals surface area contributed by atoms with Gasteiger partial charge in [0.2, 0.25) is 11.8 Å². The number of hydrogen-bond donors (Lipinski definition) is 6. The fourth-order valence-electron chi connectivity index (χ4n) is 2.80. The third-order valence-electron chi connectivity index (χ3n) is 4.86. The van der Waals surface area contributed by atoms with E-state index in [2.05, 4.69) is 41.4 Å². The van der Waals surface area contributed by atoms with E-state index < -0.39 is 24.1 Å². The second-order valence-electron chi connectivity index (χ2n) is 8.72. The number of hydrogen-bond acceptors (Lipinski definition) is 11. The number of aliphatic hydroxyl groups excluding tert-OH is 2. The van der Waals surface area contributed by atoms with Gasteiger partial charge in [0.05, 0.1) is 22.4 Å². The maximum absolute atomic E-state index is 12.2. The van der Waals surface area contributed by atoms with Gasteiger partial charge in [0.1, 0.15) is 5.76 Å². The Morgan fingerprint density at radius 2 is 1.74 bits per heavy atom. The fraction of sp³-hybridized carbons (Fsp3) is 0.571. The van der Waals surface area contributed by atoms with Crippen LogP contribution in [0.4, 0.5) is 5.13 Å². The van der Waals surface area contributed by atoms with Crippen LogP contribution in [0.3, 0.4) is 0 Å². The average molecular weight is 531 g/mol. The summed E-state index contributed by atoms with van der Waals surface area (Å²) in [6.07, 6.45) is 0.835. The van der Waals surface area contributed by atoms with Crippen molar-refractivity contribution in [3.63, 3.8) is 0 Å². The number of piperidine rings is 1. The van der Waals surface area contributed by atoms with E-state index in [1.807, 2.05) is 0 Å². The van der Waals surface area contributed by atoms with Crippen LogP contribution in [0.25, 0.3) is 0 Å². The highest BCUT2D eigenvalue weighted by atomic mass is 32.2. The highest BCUT2D eigenvalue weighted by Crippen LogP contribution is 2.32. The van der Waals surface area contributed by atoms with Gasteiger partial charge < -0.3 is 35.5 Å². The smallest absolute Gasteiger partial charge is 0.335 e. The van der Waals surface area contributed by atoms with Gasteiger partial charge in [0.25, 0.3) is 0 Å². The summed E-state index contributed by atoms with van der Waals surface area (Å²) in [6.45, 7) is 8.12. The first-order valence-electron chi connectivity index (χ1n) is 10.8. The number of nitrogens with zero attached hydrogens (tertiary/aromatic N) is 2. The second-order valence-corrected chi connectivity index (χ2v) is 11.0. The van der Waals surface area contributed by atoms with Gasteiger partial charge in [-0.2, -0.15) is 0 Å². The van der Waals surface area contributed by atoms with Gasteiger partial charge in [0.15, 0.2) is 17.3 Å². The molecule has 0 aliphatic carbocycles. The molecule has 1 fully saturated rings. The molecule has 2 aromatic rings. The molecule has 0 spiro atoms. The van der Waals surface area contributed by atoms with Gasteiger partial charge >= 0.3 is 11.9 Å². The number of nitrogens with one attached hydrogen (secondary N) is 2. The number of anilines is 1. The lowest BCUT2D eigenvalue weighted by Gasteiger charge is -2.20.